The van der Waals surface area contributed by atoms with Crippen LogP contribution in [0.5, 0.6) is 0 Å². The Morgan fingerprint density at radius 3 is 2.47 bits per heavy atom. The van der Waals surface area contributed by atoms with Crippen molar-refractivity contribution < 1.29 is 86.6 Å². The van der Waals surface area contributed by atoms with E-state index in [1.54, 1.807) is 13.8 Å². The number of anilines is 1. The molecular formula is C30H49N6O18P3S2. The first-order chi connectivity index (χ1) is 28.1. The molecule has 3 rings (SSSR count). The van der Waals surface area contributed by atoms with E-state index < -0.39 is 79.0 Å². The highest BCUT2D eigenvalue weighted by molar-refractivity contribution is 8.76. The first-order valence-corrected chi connectivity index (χ1v) is 25.1. The minimum absolute atomic E-state index is 0.0127. The third-order valence-corrected chi connectivity index (χ3v) is 14.6. The number of phosphoric ester groups is 1. The molecule has 8 N–H and O–H groups in total. The van der Waals surface area contributed by atoms with Gasteiger partial charge < -0.3 is 44.6 Å². The monoisotopic (exact) mass is 939 g/mol. The van der Waals surface area contributed by atoms with E-state index in [9.17, 15) is 47.8 Å². The van der Waals surface area contributed by atoms with Crippen LogP contribution in [0.1, 0.15) is 85.6 Å². The second-order valence-corrected chi connectivity index (χ2v) is 20.0. The predicted molar refractivity (Wildman–Crippen MR) is 211 cm³/mol. The Balaban J connectivity index is 1.33. The number of aliphatic hydroxyl groups excluding tert-OH is 1. The van der Waals surface area contributed by atoms with Gasteiger partial charge in [0.1, 0.15) is 30.5 Å². The van der Waals surface area contributed by atoms with E-state index in [1.165, 1.54) is 32.5 Å². The Morgan fingerprint density at radius 1 is 1.03 bits per heavy atom. The number of rotatable bonds is 28. The summed E-state index contributed by atoms with van der Waals surface area (Å²) in [4.78, 5) is 96.7. The maximum Gasteiger partial charge on any atom is 0.490 e. The largest absolute Gasteiger partial charge is 0.490 e. The van der Waals surface area contributed by atoms with Crippen molar-refractivity contribution in [3.63, 3.8) is 0 Å². The van der Waals surface area contributed by atoms with Gasteiger partial charge >= 0.3 is 35.5 Å². The molecule has 59 heavy (non-hydrogen) atoms. The lowest BCUT2D eigenvalue weighted by atomic mass is 9.97. The third-order valence-electron chi connectivity index (χ3n) is 8.12. The van der Waals surface area contributed by atoms with E-state index in [4.69, 9.17) is 25.7 Å². The second kappa shape index (κ2) is 24.2. The molecule has 8 unspecified atom stereocenters. The van der Waals surface area contributed by atoms with Crippen LogP contribution in [0.3, 0.4) is 0 Å². The van der Waals surface area contributed by atoms with E-state index >= 15 is 0 Å². The topological polar surface area (TPSA) is 355 Å². The van der Waals surface area contributed by atoms with E-state index in [0.717, 1.165) is 6.33 Å². The average Bonchev–Trinajstić information content (AvgIpc) is 3.74. The number of ketones is 1. The highest BCUT2D eigenvalue weighted by Gasteiger charge is 2.43. The summed E-state index contributed by atoms with van der Waals surface area (Å²) in [7, 11) is -13.8. The van der Waals surface area contributed by atoms with Crippen molar-refractivity contribution >= 4 is 85.8 Å². The molecule has 0 saturated carbocycles. The molecular weight excluding hydrogens is 889 g/mol. The molecule has 0 aromatic carbocycles. The number of hydrogen-bond acceptors (Lipinski definition) is 18. The maximum atomic E-state index is 12.7. The summed E-state index contributed by atoms with van der Waals surface area (Å²) in [5.41, 5.74) is 0.272. The van der Waals surface area contributed by atoms with Crippen molar-refractivity contribution in [2.75, 3.05) is 30.0 Å². The fourth-order valence-electron chi connectivity index (χ4n) is 5.27. The highest BCUT2D eigenvalue weighted by Crippen LogP contribution is 2.66. The molecule has 334 valence electrons. The average molecular weight is 940 g/mol. The second-order valence-electron chi connectivity index (χ2n) is 12.9. The number of carbonyl (C=O) groups excluding carboxylic acids is 3. The third kappa shape index (κ3) is 18.9. The fourth-order valence-corrected chi connectivity index (χ4v) is 10.6. The molecule has 1 fully saturated rings. The molecule has 0 radical (unpaired) electrons. The predicted octanol–water partition coefficient (Wildman–Crippen LogP) is 4.05. The molecule has 24 nitrogen and oxygen atoms in total. The molecule has 0 bridgehead atoms. The zero-order chi connectivity index (χ0) is 44.7. The summed E-state index contributed by atoms with van der Waals surface area (Å²) in [6, 6.07) is 0. The van der Waals surface area contributed by atoms with Crippen LogP contribution in [-0.4, -0.2) is 116 Å². The fraction of sp³-hybridized carbons (Fsp3) is 0.700. The molecule has 8 atom stereocenters. The number of nitrogens with one attached hydrogen (secondary N) is 2. The number of ether oxygens (including phenoxy) is 2. The molecule has 2 aromatic rings. The number of phosphoric acid groups is 3. The summed E-state index contributed by atoms with van der Waals surface area (Å²) in [5, 5.41) is 24.8. The standard InChI is InChI=1S/C30H49N6O18P3S2/c1-3-20(29(40)41)13-21(37)9-5-4-7-11-31-24(39)10-6-8-12-58-59-16-19(2)51-30(42)35-27-26-28(33-17-32-27)36(18-34-26)25-14-22(38)23(52-25)15-50-56(46,47)54-57(48,49)53-55(43,44)45/h17-20,22-23,25,38H,3-16H2,1-2H3,(H,31,39)(H,40,41)(H,46,47)(H,48,49)(H2,43,44,45)(H,32,33,35,42)/i10D. The number of hydrogen-bond donors (Lipinski definition) is 8. The van der Waals surface area contributed by atoms with E-state index in [1.807, 2.05) is 0 Å². The van der Waals surface area contributed by atoms with Gasteiger partial charge in [0.2, 0.25) is 5.91 Å². The van der Waals surface area contributed by atoms with Crippen LogP contribution in [0.25, 0.3) is 11.2 Å². The first-order valence-electron chi connectivity index (χ1n) is 18.6. The van der Waals surface area contributed by atoms with Gasteiger partial charge in [-0.05, 0) is 39.0 Å². The number of carbonyl (C=O) groups is 4. The Bertz CT molecular complexity index is 1910. The number of Topliss-reactive ketones (excluding diaryl/α,β-unsaturated/α-hetero) is 1. The van der Waals surface area contributed by atoms with Gasteiger partial charge in [0.05, 0.1) is 25.0 Å². The minimum Gasteiger partial charge on any atom is -0.481 e. The van der Waals surface area contributed by atoms with Crippen LogP contribution in [0.4, 0.5) is 10.6 Å². The quantitative estimate of drug-likeness (QED) is 0.0339. The van der Waals surface area contributed by atoms with Gasteiger partial charge in [-0.2, -0.15) is 8.62 Å². The van der Waals surface area contributed by atoms with Crippen LogP contribution in [0.15, 0.2) is 12.7 Å². The van der Waals surface area contributed by atoms with Crippen molar-refractivity contribution in [2.24, 2.45) is 5.92 Å². The Kier molecular flexibility index (Phi) is 20.1. The number of nitrogens with zero attached hydrogens (tertiary/aromatic N) is 4. The summed E-state index contributed by atoms with van der Waals surface area (Å²) < 4.78 is 66.9. The lowest BCUT2D eigenvalue weighted by molar-refractivity contribution is -0.143. The number of carboxylic acid groups (broad SMARTS) is 1. The number of imidazole rings is 1. The summed E-state index contributed by atoms with van der Waals surface area (Å²) in [6.07, 6.45) is 0.0420. The van der Waals surface area contributed by atoms with Crippen molar-refractivity contribution in [1.29, 1.82) is 0 Å². The van der Waals surface area contributed by atoms with Gasteiger partial charge in [-0.25, -0.2) is 33.4 Å². The number of aromatic nitrogens is 4. The van der Waals surface area contributed by atoms with Crippen LogP contribution in [-0.2, 0) is 50.7 Å². The molecule has 1 aliphatic heterocycles. The lowest BCUT2D eigenvalue weighted by Crippen LogP contribution is -2.26. The zero-order valence-electron chi connectivity index (χ0n) is 32.8. The number of aliphatic hydroxyl groups is 1. The number of amides is 2. The van der Waals surface area contributed by atoms with E-state index in [-0.39, 0.29) is 41.5 Å². The maximum absolute atomic E-state index is 12.7. The van der Waals surface area contributed by atoms with Crippen molar-refractivity contribution in [3.8, 4) is 0 Å². The van der Waals surface area contributed by atoms with Gasteiger partial charge in [0.25, 0.3) is 0 Å². The lowest BCUT2D eigenvalue weighted by Gasteiger charge is -2.19. The SMILES string of the molecule is [2H]C(CCCSSCC(C)OC(=O)Nc1ncnc2c1ncn2C1CC(O)C(COP(=O)(O)OP(=O)(O)OP(=O)(O)O)O1)C(=O)NCCCCCC(=O)CC(CC)C(=O)O. The smallest absolute Gasteiger partial charge is 0.481 e. The Labute approximate surface area is 347 Å². The van der Waals surface area contributed by atoms with Crippen molar-refractivity contribution in [1.82, 2.24) is 24.8 Å². The molecule has 29 heteroatoms. The highest BCUT2D eigenvalue weighted by atomic mass is 33.1. The van der Waals surface area contributed by atoms with Gasteiger partial charge in [0.15, 0.2) is 17.0 Å². The van der Waals surface area contributed by atoms with Gasteiger partial charge in [0, 0.05) is 45.1 Å². The molecule has 1 saturated heterocycles. The molecule has 3 heterocycles. The number of carboxylic acids is 1. The van der Waals surface area contributed by atoms with E-state index in [2.05, 4.69) is 38.7 Å². The van der Waals surface area contributed by atoms with Crippen molar-refractivity contribution in [2.45, 2.75) is 103 Å². The van der Waals surface area contributed by atoms with Crippen LogP contribution < -0.4 is 10.6 Å². The van der Waals surface area contributed by atoms with Gasteiger partial charge in [-0.15, -0.1) is 0 Å². The minimum atomic E-state index is -5.74. The van der Waals surface area contributed by atoms with Crippen molar-refractivity contribution in [3.05, 3.63) is 12.7 Å². The zero-order valence-corrected chi connectivity index (χ0v) is 36.2. The Hall–Kier alpha value is -2.54. The molecule has 1 aliphatic rings. The first kappa shape index (κ1) is 49.1. The van der Waals surface area contributed by atoms with Gasteiger partial charge in [-0.3, -0.25) is 28.8 Å². The molecule has 2 amide bonds. The number of aliphatic carboxylic acids is 1. The number of unbranched alkanes of at least 4 members (excludes halogenated alkanes) is 2. The van der Waals surface area contributed by atoms with Gasteiger partial charge in [-0.1, -0.05) is 34.9 Å². The van der Waals surface area contributed by atoms with Crippen LogP contribution in [0, 0.1) is 5.92 Å². The van der Waals surface area contributed by atoms with Crippen LogP contribution in [0.2, 0.25) is 0 Å². The summed E-state index contributed by atoms with van der Waals surface area (Å²) in [6.45, 7) is 2.93. The number of fused-ring (bicyclic) bond motifs is 1. The normalized spacial score (nSPS) is 20.8. The van der Waals surface area contributed by atoms with E-state index in [0.29, 0.717) is 63.0 Å². The molecule has 0 aliphatic carbocycles. The summed E-state index contributed by atoms with van der Waals surface area (Å²) >= 11 is 0. The van der Waals surface area contributed by atoms with Crippen LogP contribution >= 0.6 is 45.1 Å². The molecule has 0 spiro atoms. The molecule has 2 aromatic heterocycles. The Morgan fingerprint density at radius 2 is 1.78 bits per heavy atom. The summed E-state index contributed by atoms with van der Waals surface area (Å²) in [5.74, 6) is -1.01.